The van der Waals surface area contributed by atoms with Crippen molar-refractivity contribution in [3.8, 4) is 0 Å². The fraction of sp³-hybridized carbons (Fsp3) is 0.881. The highest BCUT2D eigenvalue weighted by Gasteiger charge is 2.44. The van der Waals surface area contributed by atoms with Crippen molar-refractivity contribution in [2.45, 2.75) is 307 Å². The van der Waals surface area contributed by atoms with Crippen molar-refractivity contribution in [3.63, 3.8) is 0 Å². The zero-order chi connectivity index (χ0) is 49.2. The molecule has 400 valence electrons. The van der Waals surface area contributed by atoms with Crippen LogP contribution in [0.2, 0.25) is 0 Å². The molecule has 6 unspecified atom stereocenters. The summed E-state index contributed by atoms with van der Waals surface area (Å²) in [6.45, 7) is 4.59. The lowest BCUT2D eigenvalue weighted by Crippen LogP contribution is -2.59. The van der Waals surface area contributed by atoms with Gasteiger partial charge in [0.15, 0.2) is 6.29 Å². The fourth-order valence-corrected chi connectivity index (χ4v) is 8.99. The lowest BCUT2D eigenvalue weighted by atomic mass is 9.99. The van der Waals surface area contributed by atoms with Gasteiger partial charge in [0.1, 0.15) is 30.5 Å². The number of hydrogen-bond acceptors (Lipinski definition) is 9. The van der Waals surface area contributed by atoms with Gasteiger partial charge >= 0.3 is 5.97 Å². The first kappa shape index (κ1) is 64.4. The van der Waals surface area contributed by atoms with E-state index in [2.05, 4.69) is 50.3 Å². The van der Waals surface area contributed by atoms with E-state index in [1.807, 2.05) is 0 Å². The van der Waals surface area contributed by atoms with Gasteiger partial charge in [0.05, 0.1) is 19.8 Å². The van der Waals surface area contributed by atoms with E-state index in [0.29, 0.717) is 13.0 Å². The normalized spacial score (nSPS) is 19.3. The monoisotopic (exact) mass is 963 g/mol. The first-order valence-electron chi connectivity index (χ1n) is 29.1. The first-order chi connectivity index (χ1) is 33.4. The van der Waals surface area contributed by atoms with Crippen molar-refractivity contribution in [2.75, 3.05) is 26.4 Å². The van der Waals surface area contributed by atoms with E-state index in [4.69, 9.17) is 18.9 Å². The Hall–Kier alpha value is -1.59. The molecule has 0 aromatic rings. The quantitative estimate of drug-likeness (QED) is 0.0267. The van der Waals surface area contributed by atoms with Crippen molar-refractivity contribution >= 4 is 5.97 Å². The minimum Gasteiger partial charge on any atom is -0.457 e. The molecular formula is C59H110O9. The van der Waals surface area contributed by atoms with Crippen molar-refractivity contribution in [3.05, 3.63) is 36.5 Å². The van der Waals surface area contributed by atoms with E-state index < -0.39 is 43.4 Å². The summed E-state index contributed by atoms with van der Waals surface area (Å²) >= 11 is 0. The summed E-state index contributed by atoms with van der Waals surface area (Å²) in [5.41, 5.74) is 0. The van der Waals surface area contributed by atoms with E-state index in [1.165, 1.54) is 212 Å². The van der Waals surface area contributed by atoms with Crippen LogP contribution in [0.1, 0.15) is 271 Å². The summed E-state index contributed by atoms with van der Waals surface area (Å²) in [6, 6.07) is 0. The zero-order valence-corrected chi connectivity index (χ0v) is 44.4. The van der Waals surface area contributed by atoms with Gasteiger partial charge in [-0.15, -0.1) is 0 Å². The lowest BCUT2D eigenvalue weighted by molar-refractivity contribution is -0.305. The van der Waals surface area contributed by atoms with Crippen LogP contribution in [0.4, 0.5) is 0 Å². The Bertz CT molecular complexity index is 1140. The number of ether oxygens (including phenoxy) is 4. The molecule has 68 heavy (non-hydrogen) atoms. The lowest BCUT2D eigenvalue weighted by Gasteiger charge is -2.39. The molecule has 9 heteroatoms. The molecule has 1 aliphatic heterocycles. The number of esters is 1. The number of aliphatic hydroxyl groups excluding tert-OH is 4. The van der Waals surface area contributed by atoms with Crippen LogP contribution in [0, 0.1) is 0 Å². The molecular weight excluding hydrogens is 853 g/mol. The topological polar surface area (TPSA) is 135 Å². The predicted molar refractivity (Wildman–Crippen MR) is 284 cm³/mol. The third-order valence-corrected chi connectivity index (χ3v) is 13.5. The van der Waals surface area contributed by atoms with Crippen LogP contribution in [-0.4, -0.2) is 89.6 Å². The highest BCUT2D eigenvalue weighted by atomic mass is 16.7. The molecule has 1 fully saturated rings. The molecule has 0 aromatic heterocycles. The number of unbranched alkanes of at least 4 members (excludes halogenated alkanes) is 34. The molecule has 4 N–H and O–H groups in total. The van der Waals surface area contributed by atoms with Crippen molar-refractivity contribution in [2.24, 2.45) is 0 Å². The second-order valence-corrected chi connectivity index (χ2v) is 20.1. The van der Waals surface area contributed by atoms with Gasteiger partial charge in [-0.05, 0) is 70.6 Å². The van der Waals surface area contributed by atoms with Crippen LogP contribution in [-0.2, 0) is 23.7 Å². The summed E-state index contributed by atoms with van der Waals surface area (Å²) in [6.07, 6.45) is 56.2. The molecule has 0 radical (unpaired) electrons. The Balaban J connectivity index is 2.13. The van der Waals surface area contributed by atoms with Gasteiger partial charge in [-0.3, -0.25) is 4.79 Å². The predicted octanol–water partition coefficient (Wildman–Crippen LogP) is 15.0. The number of carbonyl (C=O) groups excluding carboxylic acids is 1. The van der Waals surface area contributed by atoms with Crippen molar-refractivity contribution in [1.82, 2.24) is 0 Å². The molecule has 6 atom stereocenters. The third kappa shape index (κ3) is 40.1. The molecule has 0 aliphatic carbocycles. The Morgan fingerprint density at radius 2 is 0.853 bits per heavy atom. The zero-order valence-electron chi connectivity index (χ0n) is 44.4. The van der Waals surface area contributed by atoms with Crippen LogP contribution >= 0.6 is 0 Å². The standard InChI is InChI=1S/C59H110O9/c1-3-5-7-9-11-13-15-17-19-21-23-24-25-26-27-28-29-31-33-35-37-39-41-43-45-47-49-65-51-53(52-66-59-58(64)57(63)56(62)54(50-60)68-59)67-55(61)48-46-44-42-40-38-36-34-32-30-22-20-18-16-14-12-10-8-6-4-2/h15,17-18,20-21,23,53-54,56-60,62-64H,3-14,16,19,22,24-52H2,1-2H3/b17-15-,20-18-,23-21-. The van der Waals surface area contributed by atoms with Gasteiger partial charge in [-0.25, -0.2) is 0 Å². The van der Waals surface area contributed by atoms with Gasteiger partial charge in [-0.2, -0.15) is 0 Å². The van der Waals surface area contributed by atoms with Gasteiger partial charge in [0.25, 0.3) is 0 Å². The SMILES string of the molecule is CCCCCCC/C=C\C/C=C\CCCCCCCCCCCCCCCCOCC(COC1OC(CO)C(O)C(O)C1O)OC(=O)CCCCCCCCCCC/C=C\CCCCCCCC. The Labute approximate surface area is 419 Å². The van der Waals surface area contributed by atoms with Crippen LogP contribution in [0.15, 0.2) is 36.5 Å². The molecule has 0 bridgehead atoms. The fourth-order valence-electron chi connectivity index (χ4n) is 8.99. The number of rotatable bonds is 51. The van der Waals surface area contributed by atoms with E-state index in [9.17, 15) is 25.2 Å². The van der Waals surface area contributed by atoms with Gasteiger partial charge in [-0.1, -0.05) is 230 Å². The number of aliphatic hydroxyl groups is 4. The third-order valence-electron chi connectivity index (χ3n) is 13.5. The molecule has 1 saturated heterocycles. The molecule has 0 amide bonds. The van der Waals surface area contributed by atoms with Crippen molar-refractivity contribution in [1.29, 1.82) is 0 Å². The van der Waals surface area contributed by atoms with E-state index in [1.54, 1.807) is 0 Å². The summed E-state index contributed by atoms with van der Waals surface area (Å²) < 4.78 is 23.0. The number of allylic oxidation sites excluding steroid dienone is 6. The number of carbonyl (C=O) groups is 1. The maximum absolute atomic E-state index is 12.9. The molecule has 0 aromatic carbocycles. The minimum absolute atomic E-state index is 0.112. The highest BCUT2D eigenvalue weighted by molar-refractivity contribution is 5.69. The molecule has 1 heterocycles. The number of hydrogen-bond donors (Lipinski definition) is 4. The summed E-state index contributed by atoms with van der Waals surface area (Å²) in [4.78, 5) is 12.9. The molecule has 0 saturated carbocycles. The summed E-state index contributed by atoms with van der Waals surface area (Å²) in [5.74, 6) is -0.312. The maximum Gasteiger partial charge on any atom is 0.306 e. The van der Waals surface area contributed by atoms with Crippen LogP contribution < -0.4 is 0 Å². The van der Waals surface area contributed by atoms with Gasteiger partial charge in [0.2, 0.25) is 0 Å². The van der Waals surface area contributed by atoms with E-state index in [0.717, 1.165) is 38.5 Å². The summed E-state index contributed by atoms with van der Waals surface area (Å²) in [7, 11) is 0. The van der Waals surface area contributed by atoms with Crippen LogP contribution in [0.25, 0.3) is 0 Å². The Morgan fingerprint density at radius 1 is 0.471 bits per heavy atom. The average Bonchev–Trinajstić information content (AvgIpc) is 3.34. The second-order valence-electron chi connectivity index (χ2n) is 20.1. The van der Waals surface area contributed by atoms with E-state index in [-0.39, 0.29) is 19.2 Å². The molecule has 1 rings (SSSR count). The Morgan fingerprint density at radius 3 is 1.28 bits per heavy atom. The van der Waals surface area contributed by atoms with E-state index >= 15 is 0 Å². The first-order valence-corrected chi connectivity index (χ1v) is 29.1. The minimum atomic E-state index is -1.54. The second kappa shape index (κ2) is 50.4. The average molecular weight is 964 g/mol. The summed E-state index contributed by atoms with van der Waals surface area (Å²) in [5, 5.41) is 40.3. The maximum atomic E-state index is 12.9. The van der Waals surface area contributed by atoms with Gasteiger partial charge in [0, 0.05) is 13.0 Å². The molecule has 0 spiro atoms. The smallest absolute Gasteiger partial charge is 0.306 e. The van der Waals surface area contributed by atoms with Gasteiger partial charge < -0.3 is 39.4 Å². The van der Waals surface area contributed by atoms with Crippen molar-refractivity contribution < 1.29 is 44.2 Å². The highest BCUT2D eigenvalue weighted by Crippen LogP contribution is 2.23. The molecule has 9 nitrogen and oxygen atoms in total. The largest absolute Gasteiger partial charge is 0.457 e. The van der Waals surface area contributed by atoms with Crippen LogP contribution in [0.3, 0.4) is 0 Å². The van der Waals surface area contributed by atoms with Crippen LogP contribution in [0.5, 0.6) is 0 Å². The molecule has 1 aliphatic rings. The Kier molecular flexibility index (Phi) is 47.7.